The van der Waals surface area contributed by atoms with Crippen LogP contribution in [0, 0.1) is 0 Å². The number of benzene rings is 1. The first-order valence-electron chi connectivity index (χ1n) is 6.78. The van der Waals surface area contributed by atoms with Gasteiger partial charge in [0, 0.05) is 18.7 Å². The highest BCUT2D eigenvalue weighted by Gasteiger charge is 2.27. The van der Waals surface area contributed by atoms with Crippen LogP contribution in [0.4, 0.5) is 8.68 Å². The normalized spacial score (nSPS) is 15.2. The molecule has 8 heteroatoms. The van der Waals surface area contributed by atoms with E-state index < -0.39 is 22.2 Å². The van der Waals surface area contributed by atoms with E-state index in [0.717, 1.165) is 0 Å². The van der Waals surface area contributed by atoms with Crippen LogP contribution in [-0.2, 0) is 28.2 Å². The third-order valence-corrected chi connectivity index (χ3v) is 3.44. The average molecular weight is 331 g/mol. The van der Waals surface area contributed by atoms with Crippen LogP contribution in [-0.4, -0.2) is 31.6 Å². The SMILES string of the molecule is CC(C)(C)OC(=O)N1CCc2c(cccc2OS(=O)(=O)F)C1. The summed E-state index contributed by atoms with van der Waals surface area (Å²) in [6.45, 7) is 5.94. The lowest BCUT2D eigenvalue weighted by atomic mass is 9.99. The molecule has 0 saturated heterocycles. The smallest absolute Gasteiger partial charge is 0.444 e. The minimum atomic E-state index is -5.07. The number of ether oxygens (including phenoxy) is 1. The minimum absolute atomic E-state index is 0.0381. The molecule has 1 amide bonds. The molecule has 0 saturated carbocycles. The number of rotatable bonds is 2. The fourth-order valence-electron chi connectivity index (χ4n) is 2.24. The fourth-order valence-corrected chi connectivity index (χ4v) is 2.61. The predicted molar refractivity (Wildman–Crippen MR) is 77.4 cm³/mol. The minimum Gasteiger partial charge on any atom is -0.444 e. The Labute approximate surface area is 129 Å². The average Bonchev–Trinajstić information content (AvgIpc) is 2.34. The lowest BCUT2D eigenvalue weighted by molar-refractivity contribution is 0.0223. The van der Waals surface area contributed by atoms with Gasteiger partial charge >= 0.3 is 16.6 Å². The summed E-state index contributed by atoms with van der Waals surface area (Å²) in [5, 5.41) is 0. The first-order valence-corrected chi connectivity index (χ1v) is 8.09. The van der Waals surface area contributed by atoms with Gasteiger partial charge in [-0.15, -0.1) is 0 Å². The Morgan fingerprint density at radius 2 is 2.00 bits per heavy atom. The summed E-state index contributed by atoms with van der Waals surface area (Å²) in [6, 6.07) is 4.68. The number of carbonyl (C=O) groups excluding carboxylic acids is 1. The second-order valence-corrected chi connectivity index (χ2v) is 6.98. The van der Waals surface area contributed by atoms with Crippen molar-refractivity contribution in [2.24, 2.45) is 0 Å². The molecule has 6 nitrogen and oxygen atoms in total. The van der Waals surface area contributed by atoms with E-state index in [2.05, 4.69) is 4.18 Å². The van der Waals surface area contributed by atoms with Crippen LogP contribution in [0.3, 0.4) is 0 Å². The highest BCUT2D eigenvalue weighted by Crippen LogP contribution is 2.29. The molecule has 0 N–H and O–H groups in total. The number of fused-ring (bicyclic) bond motifs is 1. The van der Waals surface area contributed by atoms with E-state index in [1.54, 1.807) is 32.9 Å². The van der Waals surface area contributed by atoms with Gasteiger partial charge in [0.2, 0.25) is 0 Å². The van der Waals surface area contributed by atoms with E-state index in [4.69, 9.17) is 4.74 Å². The molecule has 0 bridgehead atoms. The van der Waals surface area contributed by atoms with Crippen molar-refractivity contribution in [1.82, 2.24) is 4.90 Å². The van der Waals surface area contributed by atoms with Gasteiger partial charge in [-0.3, -0.25) is 0 Å². The molecule has 2 rings (SSSR count). The molecule has 122 valence electrons. The zero-order chi connectivity index (χ0) is 16.5. The first kappa shape index (κ1) is 16.5. The second kappa shape index (κ2) is 5.75. The van der Waals surface area contributed by atoms with Crippen molar-refractivity contribution in [3.63, 3.8) is 0 Å². The van der Waals surface area contributed by atoms with Crippen LogP contribution >= 0.6 is 0 Å². The molecule has 1 aliphatic heterocycles. The van der Waals surface area contributed by atoms with E-state index in [9.17, 15) is 17.1 Å². The van der Waals surface area contributed by atoms with Gasteiger partial charge in [0.05, 0.1) is 0 Å². The van der Waals surface area contributed by atoms with Crippen LogP contribution in [0.25, 0.3) is 0 Å². The number of hydrogen-bond donors (Lipinski definition) is 0. The Bertz CT molecular complexity index is 681. The zero-order valence-electron chi connectivity index (χ0n) is 12.6. The molecule has 1 aromatic carbocycles. The van der Waals surface area contributed by atoms with Gasteiger partial charge in [-0.2, -0.15) is 8.42 Å². The Hall–Kier alpha value is -1.83. The van der Waals surface area contributed by atoms with Gasteiger partial charge in [0.25, 0.3) is 0 Å². The highest BCUT2D eigenvalue weighted by molar-refractivity contribution is 7.81. The zero-order valence-corrected chi connectivity index (χ0v) is 13.4. The van der Waals surface area contributed by atoms with Crippen molar-refractivity contribution in [3.8, 4) is 5.75 Å². The number of amides is 1. The van der Waals surface area contributed by atoms with E-state index >= 15 is 0 Å². The van der Waals surface area contributed by atoms with Crippen LogP contribution in [0.1, 0.15) is 31.9 Å². The summed E-state index contributed by atoms with van der Waals surface area (Å²) in [7, 11) is -5.07. The van der Waals surface area contributed by atoms with Crippen molar-refractivity contribution in [2.45, 2.75) is 39.3 Å². The fraction of sp³-hybridized carbons (Fsp3) is 0.500. The van der Waals surface area contributed by atoms with Gasteiger partial charge < -0.3 is 13.8 Å². The van der Waals surface area contributed by atoms with Crippen molar-refractivity contribution in [3.05, 3.63) is 29.3 Å². The van der Waals surface area contributed by atoms with Crippen molar-refractivity contribution in [2.75, 3.05) is 6.54 Å². The molecule has 0 unspecified atom stereocenters. The molecule has 0 aromatic heterocycles. The maximum absolute atomic E-state index is 12.7. The molecule has 1 aliphatic rings. The molecular weight excluding hydrogens is 313 g/mol. The summed E-state index contributed by atoms with van der Waals surface area (Å²) in [5.41, 5.74) is 0.701. The molecule has 1 aromatic rings. The molecule has 22 heavy (non-hydrogen) atoms. The van der Waals surface area contributed by atoms with Crippen molar-refractivity contribution < 1.29 is 26.0 Å². The Balaban J connectivity index is 2.18. The van der Waals surface area contributed by atoms with Gasteiger partial charge in [0.15, 0.2) is 0 Å². The van der Waals surface area contributed by atoms with Crippen molar-refractivity contribution >= 4 is 16.6 Å². The molecule has 0 spiro atoms. The number of halogens is 1. The molecule has 0 radical (unpaired) electrons. The summed E-state index contributed by atoms with van der Waals surface area (Å²) in [4.78, 5) is 13.6. The highest BCUT2D eigenvalue weighted by atomic mass is 32.3. The van der Waals surface area contributed by atoms with Gasteiger partial charge in [-0.1, -0.05) is 16.0 Å². The Morgan fingerprint density at radius 1 is 1.32 bits per heavy atom. The van der Waals surface area contributed by atoms with E-state index in [0.29, 0.717) is 24.1 Å². The molecule has 1 heterocycles. The van der Waals surface area contributed by atoms with E-state index in [-0.39, 0.29) is 12.3 Å². The van der Waals surface area contributed by atoms with Gasteiger partial charge in [0.1, 0.15) is 11.4 Å². The Kier molecular flexibility index (Phi) is 4.32. The van der Waals surface area contributed by atoms with E-state index in [1.165, 1.54) is 11.0 Å². The quantitative estimate of drug-likeness (QED) is 0.779. The largest absolute Gasteiger partial charge is 0.488 e. The maximum atomic E-state index is 12.7. The molecule has 0 fully saturated rings. The molecular formula is C14H18FNO5S. The summed E-state index contributed by atoms with van der Waals surface area (Å²) in [6.07, 6.45) is -0.0807. The predicted octanol–water partition coefficient (Wildman–Crippen LogP) is 2.57. The maximum Gasteiger partial charge on any atom is 0.488 e. The third kappa shape index (κ3) is 4.33. The summed E-state index contributed by atoms with van der Waals surface area (Å²) in [5.74, 6) is -0.0381. The topological polar surface area (TPSA) is 72.9 Å². The number of hydrogen-bond acceptors (Lipinski definition) is 5. The standard InChI is InChI=1S/C14H18FNO5S/c1-14(2,3)20-13(17)16-8-7-11-10(9-16)5-4-6-12(11)21-22(15,18)19/h4-6H,7-9H2,1-3H3. The summed E-state index contributed by atoms with van der Waals surface area (Å²) < 4.78 is 43.6. The van der Waals surface area contributed by atoms with Crippen LogP contribution in [0.15, 0.2) is 18.2 Å². The molecule has 0 atom stereocenters. The number of nitrogens with zero attached hydrogens (tertiary/aromatic N) is 1. The van der Waals surface area contributed by atoms with Crippen LogP contribution in [0.2, 0.25) is 0 Å². The lowest BCUT2D eigenvalue weighted by Crippen LogP contribution is -2.40. The first-order chi connectivity index (χ1) is 10.1. The lowest BCUT2D eigenvalue weighted by Gasteiger charge is -2.31. The molecule has 0 aliphatic carbocycles. The Morgan fingerprint density at radius 3 is 2.59 bits per heavy atom. The van der Waals surface area contributed by atoms with Gasteiger partial charge in [-0.05, 0) is 38.8 Å². The van der Waals surface area contributed by atoms with Crippen LogP contribution < -0.4 is 4.18 Å². The monoisotopic (exact) mass is 331 g/mol. The van der Waals surface area contributed by atoms with Crippen LogP contribution in [0.5, 0.6) is 5.75 Å². The second-order valence-electron chi connectivity index (χ2n) is 6.02. The number of carbonyl (C=O) groups is 1. The van der Waals surface area contributed by atoms with E-state index in [1.807, 2.05) is 0 Å². The summed E-state index contributed by atoms with van der Waals surface area (Å²) >= 11 is 0. The van der Waals surface area contributed by atoms with Crippen molar-refractivity contribution in [1.29, 1.82) is 0 Å². The van der Waals surface area contributed by atoms with Gasteiger partial charge in [-0.25, -0.2) is 4.79 Å². The third-order valence-electron chi connectivity index (χ3n) is 3.06.